The Morgan fingerprint density at radius 2 is 1.86 bits per heavy atom. The van der Waals surface area contributed by atoms with Gasteiger partial charge in [0.1, 0.15) is 0 Å². The van der Waals surface area contributed by atoms with Crippen molar-refractivity contribution in [1.82, 2.24) is 25.3 Å². The van der Waals surface area contributed by atoms with E-state index in [1.54, 1.807) is 0 Å². The third kappa shape index (κ3) is 4.73. The van der Waals surface area contributed by atoms with E-state index in [0.717, 1.165) is 55.5 Å². The maximum absolute atomic E-state index is 4.74. The van der Waals surface area contributed by atoms with Crippen LogP contribution in [0.4, 0.5) is 0 Å². The van der Waals surface area contributed by atoms with Gasteiger partial charge in [-0.2, -0.15) is 5.10 Å². The van der Waals surface area contributed by atoms with Crippen LogP contribution in [0, 0.1) is 13.8 Å². The zero-order valence-electron chi connectivity index (χ0n) is 17.9. The Bertz CT molecular complexity index is 785. The average molecular weight is 383 g/mol. The first kappa shape index (κ1) is 20.4. The smallest absolute Gasteiger partial charge is 0.191 e. The molecule has 0 spiro atoms. The van der Waals surface area contributed by atoms with Gasteiger partial charge in [0.15, 0.2) is 5.96 Å². The summed E-state index contributed by atoms with van der Waals surface area (Å²) >= 11 is 0. The van der Waals surface area contributed by atoms with Gasteiger partial charge in [-0.3, -0.25) is 4.99 Å². The summed E-state index contributed by atoms with van der Waals surface area (Å²) in [6.07, 6.45) is 2.31. The lowest BCUT2D eigenvalue weighted by molar-refractivity contribution is 0.167. The van der Waals surface area contributed by atoms with Crippen LogP contribution in [0.25, 0.3) is 5.69 Å². The number of hydrogen-bond donors (Lipinski definition) is 2. The number of guanidine groups is 1. The molecule has 28 heavy (non-hydrogen) atoms. The fourth-order valence-electron chi connectivity index (χ4n) is 3.87. The Labute approximate surface area is 169 Å². The highest BCUT2D eigenvalue weighted by Gasteiger charge is 2.21. The van der Waals surface area contributed by atoms with Crippen LogP contribution in [0.1, 0.15) is 43.6 Å². The van der Waals surface area contributed by atoms with Crippen molar-refractivity contribution in [2.24, 2.45) is 4.99 Å². The molecule has 2 aromatic rings. The molecule has 0 saturated carbocycles. The predicted octanol–water partition coefficient (Wildman–Crippen LogP) is 3.03. The van der Waals surface area contributed by atoms with Gasteiger partial charge in [-0.05, 0) is 52.7 Å². The molecule has 1 aromatic heterocycles. The molecule has 152 valence electrons. The Morgan fingerprint density at radius 3 is 2.46 bits per heavy atom. The van der Waals surface area contributed by atoms with Crippen molar-refractivity contribution in [3.8, 4) is 5.69 Å². The molecule has 0 atom stereocenters. The van der Waals surface area contributed by atoms with Gasteiger partial charge in [0.25, 0.3) is 0 Å². The van der Waals surface area contributed by atoms with Crippen molar-refractivity contribution in [3.05, 3.63) is 47.3 Å². The fourth-order valence-corrected chi connectivity index (χ4v) is 3.87. The quantitative estimate of drug-likeness (QED) is 0.616. The van der Waals surface area contributed by atoms with E-state index in [9.17, 15) is 0 Å². The molecule has 1 fully saturated rings. The number of para-hydroxylation sites is 1. The van der Waals surface area contributed by atoms with Crippen molar-refractivity contribution < 1.29 is 0 Å². The monoisotopic (exact) mass is 382 g/mol. The SMILES string of the molecule is CN=C(NCc1c(C)nn(-c2ccccc2)c1C)NC1CCN(C(C)C)CC1. The highest BCUT2D eigenvalue weighted by Crippen LogP contribution is 2.18. The lowest BCUT2D eigenvalue weighted by Crippen LogP contribution is -2.49. The Hall–Kier alpha value is -2.34. The molecule has 6 nitrogen and oxygen atoms in total. The molecular formula is C22H34N6. The van der Waals surface area contributed by atoms with Gasteiger partial charge in [0.2, 0.25) is 0 Å². The number of aliphatic imine (C=N–C) groups is 1. The van der Waals surface area contributed by atoms with Crippen molar-refractivity contribution in [3.63, 3.8) is 0 Å². The summed E-state index contributed by atoms with van der Waals surface area (Å²) in [5.41, 5.74) is 4.53. The maximum Gasteiger partial charge on any atom is 0.191 e. The number of benzene rings is 1. The summed E-state index contributed by atoms with van der Waals surface area (Å²) in [5, 5.41) is 11.8. The molecule has 1 saturated heterocycles. The highest BCUT2D eigenvalue weighted by molar-refractivity contribution is 5.80. The second-order valence-electron chi connectivity index (χ2n) is 7.87. The van der Waals surface area contributed by atoms with Gasteiger partial charge in [-0.15, -0.1) is 0 Å². The molecule has 0 radical (unpaired) electrons. The minimum absolute atomic E-state index is 0.482. The van der Waals surface area contributed by atoms with Crippen molar-refractivity contribution >= 4 is 5.96 Å². The molecule has 3 rings (SSSR count). The van der Waals surface area contributed by atoms with E-state index in [2.05, 4.69) is 60.4 Å². The number of aromatic nitrogens is 2. The molecule has 1 aliphatic heterocycles. The number of nitrogens with zero attached hydrogens (tertiary/aromatic N) is 4. The van der Waals surface area contributed by atoms with Gasteiger partial charge in [0, 0.05) is 50.0 Å². The molecular weight excluding hydrogens is 348 g/mol. The van der Waals surface area contributed by atoms with E-state index in [1.807, 2.05) is 29.9 Å². The highest BCUT2D eigenvalue weighted by atomic mass is 15.3. The standard InChI is InChI=1S/C22H34N6/c1-16(2)27-13-11-19(12-14-27)25-22(23-5)24-15-21-17(3)26-28(18(21)4)20-9-7-6-8-10-20/h6-10,16,19H,11-15H2,1-5H3,(H2,23,24,25). The summed E-state index contributed by atoms with van der Waals surface area (Å²) in [5.74, 6) is 0.870. The van der Waals surface area contributed by atoms with Crippen LogP contribution in [0.5, 0.6) is 0 Å². The Kier molecular flexibility index (Phi) is 6.73. The molecule has 2 N–H and O–H groups in total. The molecule has 1 aliphatic rings. The Balaban J connectivity index is 1.59. The van der Waals surface area contributed by atoms with Crippen LogP contribution >= 0.6 is 0 Å². The number of aryl methyl sites for hydroxylation is 1. The second-order valence-corrected chi connectivity index (χ2v) is 7.87. The van der Waals surface area contributed by atoms with Gasteiger partial charge in [-0.25, -0.2) is 4.68 Å². The first-order valence-electron chi connectivity index (χ1n) is 10.3. The molecule has 1 aromatic carbocycles. The number of likely N-dealkylation sites (tertiary alicyclic amines) is 1. The van der Waals surface area contributed by atoms with E-state index in [1.165, 1.54) is 5.56 Å². The zero-order valence-corrected chi connectivity index (χ0v) is 17.9. The van der Waals surface area contributed by atoms with Crippen molar-refractivity contribution in [1.29, 1.82) is 0 Å². The van der Waals surface area contributed by atoms with Gasteiger partial charge in [-0.1, -0.05) is 18.2 Å². The molecule has 6 heteroatoms. The van der Waals surface area contributed by atoms with Gasteiger partial charge < -0.3 is 15.5 Å². The van der Waals surface area contributed by atoms with Crippen LogP contribution in [0.15, 0.2) is 35.3 Å². The molecule has 0 aliphatic carbocycles. The summed E-state index contributed by atoms with van der Waals surface area (Å²) in [6, 6.07) is 11.4. The minimum atomic E-state index is 0.482. The third-order valence-electron chi connectivity index (χ3n) is 5.70. The van der Waals surface area contributed by atoms with Crippen molar-refractivity contribution in [2.75, 3.05) is 20.1 Å². The fraction of sp³-hybridized carbons (Fsp3) is 0.545. The van der Waals surface area contributed by atoms with E-state index >= 15 is 0 Å². The van der Waals surface area contributed by atoms with E-state index in [0.29, 0.717) is 12.1 Å². The number of nitrogens with one attached hydrogen (secondary N) is 2. The summed E-state index contributed by atoms with van der Waals surface area (Å²) in [4.78, 5) is 6.97. The first-order valence-corrected chi connectivity index (χ1v) is 10.3. The largest absolute Gasteiger partial charge is 0.354 e. The van der Waals surface area contributed by atoms with E-state index in [4.69, 9.17) is 5.10 Å². The number of hydrogen-bond acceptors (Lipinski definition) is 3. The molecule has 2 heterocycles. The van der Waals surface area contributed by atoms with Gasteiger partial charge >= 0.3 is 0 Å². The number of piperidine rings is 1. The zero-order chi connectivity index (χ0) is 20.1. The summed E-state index contributed by atoms with van der Waals surface area (Å²) in [6.45, 7) is 11.8. The molecule has 0 amide bonds. The first-order chi connectivity index (χ1) is 13.5. The minimum Gasteiger partial charge on any atom is -0.354 e. The summed E-state index contributed by atoms with van der Waals surface area (Å²) < 4.78 is 2.02. The van der Waals surface area contributed by atoms with E-state index in [-0.39, 0.29) is 0 Å². The molecule has 0 bridgehead atoms. The average Bonchev–Trinajstić information content (AvgIpc) is 3.00. The summed E-state index contributed by atoms with van der Waals surface area (Å²) in [7, 11) is 1.84. The lowest BCUT2D eigenvalue weighted by atomic mass is 10.0. The Morgan fingerprint density at radius 1 is 1.18 bits per heavy atom. The molecule has 0 unspecified atom stereocenters. The number of rotatable bonds is 5. The van der Waals surface area contributed by atoms with Crippen LogP contribution in [-0.2, 0) is 6.54 Å². The van der Waals surface area contributed by atoms with Crippen LogP contribution in [-0.4, -0.2) is 52.9 Å². The van der Waals surface area contributed by atoms with E-state index < -0.39 is 0 Å². The van der Waals surface area contributed by atoms with Crippen LogP contribution in [0.3, 0.4) is 0 Å². The third-order valence-corrected chi connectivity index (χ3v) is 5.70. The van der Waals surface area contributed by atoms with Crippen LogP contribution in [0.2, 0.25) is 0 Å². The predicted molar refractivity (Wildman–Crippen MR) is 116 cm³/mol. The van der Waals surface area contributed by atoms with Gasteiger partial charge in [0.05, 0.1) is 11.4 Å². The maximum atomic E-state index is 4.74. The van der Waals surface area contributed by atoms with Crippen LogP contribution < -0.4 is 10.6 Å². The topological polar surface area (TPSA) is 57.5 Å². The lowest BCUT2D eigenvalue weighted by Gasteiger charge is -2.35. The van der Waals surface area contributed by atoms with Crippen molar-refractivity contribution in [2.45, 2.75) is 59.2 Å². The normalized spacial score (nSPS) is 16.6. The second kappa shape index (κ2) is 9.24.